The van der Waals surface area contributed by atoms with E-state index in [1.165, 1.54) is 0 Å². The molecule has 0 saturated heterocycles. The van der Waals surface area contributed by atoms with Crippen LogP contribution in [0.25, 0.3) is 5.69 Å². The highest BCUT2D eigenvalue weighted by molar-refractivity contribution is 5.37. The van der Waals surface area contributed by atoms with Crippen molar-refractivity contribution in [2.24, 2.45) is 0 Å². The Hall–Kier alpha value is -1.77. The largest absolute Gasteiger partial charge is 0.494 e. The van der Waals surface area contributed by atoms with Gasteiger partial charge in [-0.1, -0.05) is 6.92 Å². The molecule has 1 aromatic carbocycles. The first-order valence-electron chi connectivity index (χ1n) is 5.11. The SMILES string of the molecule is CCCOc1ccc(-n2ccnc2)cc1. The Kier molecular flexibility index (Phi) is 3.02. The Bertz CT molecular complexity index is 392. The van der Waals surface area contributed by atoms with Gasteiger partial charge in [0, 0.05) is 18.1 Å². The summed E-state index contributed by atoms with van der Waals surface area (Å²) >= 11 is 0. The summed E-state index contributed by atoms with van der Waals surface area (Å²) in [5.41, 5.74) is 1.09. The smallest absolute Gasteiger partial charge is 0.119 e. The molecular weight excluding hydrogens is 188 g/mol. The summed E-state index contributed by atoms with van der Waals surface area (Å²) in [6, 6.07) is 8.00. The van der Waals surface area contributed by atoms with Gasteiger partial charge in [0.15, 0.2) is 0 Å². The highest BCUT2D eigenvalue weighted by Gasteiger charge is 1.96. The molecule has 0 aliphatic carbocycles. The Labute approximate surface area is 89.3 Å². The average molecular weight is 202 g/mol. The fourth-order valence-electron chi connectivity index (χ4n) is 1.35. The zero-order chi connectivity index (χ0) is 10.5. The summed E-state index contributed by atoms with van der Waals surface area (Å²) in [7, 11) is 0. The molecule has 0 N–H and O–H groups in total. The van der Waals surface area contributed by atoms with Crippen LogP contribution in [0.2, 0.25) is 0 Å². The average Bonchev–Trinajstić information content (AvgIpc) is 2.80. The molecule has 2 rings (SSSR count). The van der Waals surface area contributed by atoms with Gasteiger partial charge in [0.2, 0.25) is 0 Å². The van der Waals surface area contributed by atoms with Gasteiger partial charge in [-0.15, -0.1) is 0 Å². The zero-order valence-corrected chi connectivity index (χ0v) is 8.76. The zero-order valence-electron chi connectivity index (χ0n) is 8.76. The topological polar surface area (TPSA) is 27.1 Å². The molecule has 0 unspecified atom stereocenters. The van der Waals surface area contributed by atoms with Crippen LogP contribution in [-0.2, 0) is 0 Å². The van der Waals surface area contributed by atoms with Crippen molar-refractivity contribution in [3.05, 3.63) is 43.0 Å². The van der Waals surface area contributed by atoms with Crippen molar-refractivity contribution in [1.82, 2.24) is 9.55 Å². The molecule has 0 spiro atoms. The van der Waals surface area contributed by atoms with E-state index in [-0.39, 0.29) is 0 Å². The predicted molar refractivity (Wildman–Crippen MR) is 59.4 cm³/mol. The fourth-order valence-corrected chi connectivity index (χ4v) is 1.35. The highest BCUT2D eigenvalue weighted by atomic mass is 16.5. The van der Waals surface area contributed by atoms with Gasteiger partial charge in [0.05, 0.1) is 12.9 Å². The second-order valence-electron chi connectivity index (χ2n) is 3.31. The third kappa shape index (κ3) is 2.37. The van der Waals surface area contributed by atoms with Crippen LogP contribution < -0.4 is 4.74 Å². The summed E-state index contributed by atoms with van der Waals surface area (Å²) in [6.07, 6.45) is 6.49. The molecule has 0 aliphatic rings. The molecular formula is C12H14N2O. The second-order valence-corrected chi connectivity index (χ2v) is 3.31. The minimum atomic E-state index is 0.768. The molecule has 0 amide bonds. The Balaban J connectivity index is 2.11. The molecule has 0 atom stereocenters. The maximum atomic E-state index is 5.50. The van der Waals surface area contributed by atoms with Crippen LogP contribution in [0.4, 0.5) is 0 Å². The molecule has 3 nitrogen and oxygen atoms in total. The lowest BCUT2D eigenvalue weighted by atomic mass is 10.3. The normalized spacial score (nSPS) is 10.2. The van der Waals surface area contributed by atoms with E-state index in [9.17, 15) is 0 Å². The number of nitrogens with zero attached hydrogens (tertiary/aromatic N) is 2. The first-order chi connectivity index (χ1) is 7.40. The van der Waals surface area contributed by atoms with Crippen molar-refractivity contribution < 1.29 is 4.74 Å². The number of hydrogen-bond acceptors (Lipinski definition) is 2. The van der Waals surface area contributed by atoms with Crippen LogP contribution in [0.3, 0.4) is 0 Å². The summed E-state index contributed by atoms with van der Waals surface area (Å²) in [5.74, 6) is 0.917. The molecule has 0 bridgehead atoms. The molecule has 3 heteroatoms. The van der Waals surface area contributed by atoms with Crippen LogP contribution in [0, 0.1) is 0 Å². The lowest BCUT2D eigenvalue weighted by Gasteiger charge is -2.06. The lowest BCUT2D eigenvalue weighted by Crippen LogP contribution is -1.95. The van der Waals surface area contributed by atoms with Crippen molar-refractivity contribution >= 4 is 0 Å². The van der Waals surface area contributed by atoms with Crippen molar-refractivity contribution in [1.29, 1.82) is 0 Å². The lowest BCUT2D eigenvalue weighted by molar-refractivity contribution is 0.317. The quantitative estimate of drug-likeness (QED) is 0.762. The van der Waals surface area contributed by atoms with Gasteiger partial charge in [0.25, 0.3) is 0 Å². The highest BCUT2D eigenvalue weighted by Crippen LogP contribution is 2.14. The van der Waals surface area contributed by atoms with Crippen LogP contribution >= 0.6 is 0 Å². The molecule has 0 fully saturated rings. The van der Waals surface area contributed by atoms with Gasteiger partial charge in [-0.05, 0) is 30.7 Å². The second kappa shape index (κ2) is 4.64. The predicted octanol–water partition coefficient (Wildman–Crippen LogP) is 2.66. The van der Waals surface area contributed by atoms with Gasteiger partial charge in [-0.2, -0.15) is 0 Å². The number of rotatable bonds is 4. The number of hydrogen-bond donors (Lipinski definition) is 0. The minimum absolute atomic E-state index is 0.768. The summed E-state index contributed by atoms with van der Waals surface area (Å²) in [5, 5.41) is 0. The van der Waals surface area contributed by atoms with E-state index in [4.69, 9.17) is 4.74 Å². The summed E-state index contributed by atoms with van der Waals surface area (Å²) in [4.78, 5) is 4.00. The van der Waals surface area contributed by atoms with E-state index in [0.717, 1.165) is 24.5 Å². The van der Waals surface area contributed by atoms with Crippen LogP contribution in [-0.4, -0.2) is 16.2 Å². The number of benzene rings is 1. The van der Waals surface area contributed by atoms with Crippen LogP contribution in [0.15, 0.2) is 43.0 Å². The Morgan fingerprint density at radius 1 is 1.27 bits per heavy atom. The molecule has 0 aliphatic heterocycles. The third-order valence-electron chi connectivity index (χ3n) is 2.11. The first-order valence-corrected chi connectivity index (χ1v) is 5.11. The van der Waals surface area contributed by atoms with Crippen molar-refractivity contribution in [2.45, 2.75) is 13.3 Å². The Morgan fingerprint density at radius 2 is 2.07 bits per heavy atom. The first kappa shape index (κ1) is 9.77. The van der Waals surface area contributed by atoms with Gasteiger partial charge in [-0.3, -0.25) is 0 Å². The van der Waals surface area contributed by atoms with E-state index in [1.807, 2.05) is 35.0 Å². The monoisotopic (exact) mass is 202 g/mol. The van der Waals surface area contributed by atoms with E-state index in [2.05, 4.69) is 11.9 Å². The van der Waals surface area contributed by atoms with E-state index < -0.39 is 0 Å². The van der Waals surface area contributed by atoms with Crippen molar-refractivity contribution in [2.75, 3.05) is 6.61 Å². The standard InChI is InChI=1S/C12H14N2O/c1-2-9-15-12-5-3-11(4-6-12)14-8-7-13-10-14/h3-8,10H,2,9H2,1H3. The number of aromatic nitrogens is 2. The molecule has 15 heavy (non-hydrogen) atoms. The summed E-state index contributed by atoms with van der Waals surface area (Å²) < 4.78 is 7.46. The number of ether oxygens (including phenoxy) is 1. The van der Waals surface area contributed by atoms with Gasteiger partial charge in [-0.25, -0.2) is 4.98 Å². The van der Waals surface area contributed by atoms with Gasteiger partial charge in [0.1, 0.15) is 5.75 Å². The van der Waals surface area contributed by atoms with E-state index >= 15 is 0 Å². The van der Waals surface area contributed by atoms with E-state index in [0.29, 0.717) is 0 Å². The molecule has 1 aromatic heterocycles. The maximum Gasteiger partial charge on any atom is 0.119 e. The van der Waals surface area contributed by atoms with E-state index in [1.54, 1.807) is 12.5 Å². The van der Waals surface area contributed by atoms with Gasteiger partial charge >= 0.3 is 0 Å². The third-order valence-corrected chi connectivity index (χ3v) is 2.11. The van der Waals surface area contributed by atoms with Crippen molar-refractivity contribution in [3.8, 4) is 11.4 Å². The molecule has 2 aromatic rings. The van der Waals surface area contributed by atoms with Crippen molar-refractivity contribution in [3.63, 3.8) is 0 Å². The molecule has 78 valence electrons. The van der Waals surface area contributed by atoms with Crippen LogP contribution in [0.5, 0.6) is 5.75 Å². The molecule has 1 heterocycles. The molecule has 0 radical (unpaired) electrons. The Morgan fingerprint density at radius 3 is 2.67 bits per heavy atom. The molecule has 0 saturated carbocycles. The minimum Gasteiger partial charge on any atom is -0.494 e. The summed E-state index contributed by atoms with van der Waals surface area (Å²) in [6.45, 7) is 2.87. The fraction of sp³-hybridized carbons (Fsp3) is 0.250. The maximum absolute atomic E-state index is 5.50. The number of imidazole rings is 1. The van der Waals surface area contributed by atoms with Crippen LogP contribution in [0.1, 0.15) is 13.3 Å². The van der Waals surface area contributed by atoms with Gasteiger partial charge < -0.3 is 9.30 Å².